The first-order valence-corrected chi connectivity index (χ1v) is 7.76. The Morgan fingerprint density at radius 1 is 1.45 bits per heavy atom. The topological polar surface area (TPSA) is 44.1 Å². The lowest BCUT2D eigenvalue weighted by Gasteiger charge is -2.10. The fourth-order valence-electron chi connectivity index (χ4n) is 2.13. The predicted molar refractivity (Wildman–Crippen MR) is 82.3 cm³/mol. The van der Waals surface area contributed by atoms with Crippen molar-refractivity contribution < 1.29 is 9.53 Å². The van der Waals surface area contributed by atoms with Gasteiger partial charge in [-0.15, -0.1) is 0 Å². The molecule has 2 aromatic rings. The number of thioether (sulfide) groups is 1. The Bertz CT molecular complexity index is 620. The Kier molecular flexibility index (Phi) is 4.70. The number of hydrogen-bond donors (Lipinski definition) is 0. The van der Waals surface area contributed by atoms with Crippen molar-refractivity contribution in [2.75, 3.05) is 12.9 Å². The average Bonchev–Trinajstić information content (AvgIpc) is 2.75. The number of rotatable bonds is 5. The number of ether oxygens (including phenoxy) is 1. The van der Waals surface area contributed by atoms with E-state index in [1.54, 1.807) is 23.9 Å². The summed E-state index contributed by atoms with van der Waals surface area (Å²) in [6, 6.07) is 5.56. The van der Waals surface area contributed by atoms with E-state index in [1.807, 2.05) is 6.07 Å². The maximum atomic E-state index is 11.6. The SMILES string of the molecule is CCSc1nc2cc(C(=O)OC)ccc2n1CC(C)C. The van der Waals surface area contributed by atoms with Gasteiger partial charge in [0.25, 0.3) is 0 Å². The van der Waals surface area contributed by atoms with Crippen LogP contribution in [-0.4, -0.2) is 28.4 Å². The van der Waals surface area contributed by atoms with Crippen molar-refractivity contribution in [1.29, 1.82) is 0 Å². The summed E-state index contributed by atoms with van der Waals surface area (Å²) in [5, 5.41) is 1.01. The Morgan fingerprint density at radius 2 is 2.20 bits per heavy atom. The van der Waals surface area contributed by atoms with E-state index >= 15 is 0 Å². The molecule has 0 atom stereocenters. The minimum Gasteiger partial charge on any atom is -0.465 e. The minimum absolute atomic E-state index is 0.324. The van der Waals surface area contributed by atoms with Crippen LogP contribution in [0, 0.1) is 5.92 Å². The molecule has 5 heteroatoms. The summed E-state index contributed by atoms with van der Waals surface area (Å²) in [5.74, 6) is 1.20. The number of methoxy groups -OCH3 is 1. The van der Waals surface area contributed by atoms with Crippen molar-refractivity contribution in [2.45, 2.75) is 32.5 Å². The van der Waals surface area contributed by atoms with Crippen LogP contribution in [-0.2, 0) is 11.3 Å². The van der Waals surface area contributed by atoms with E-state index in [9.17, 15) is 4.79 Å². The van der Waals surface area contributed by atoms with E-state index in [1.165, 1.54) is 7.11 Å². The molecule has 1 aromatic carbocycles. The van der Waals surface area contributed by atoms with Gasteiger partial charge in [0.05, 0.1) is 23.7 Å². The van der Waals surface area contributed by atoms with Crippen molar-refractivity contribution in [1.82, 2.24) is 9.55 Å². The zero-order chi connectivity index (χ0) is 14.7. The number of esters is 1. The highest BCUT2D eigenvalue weighted by Gasteiger charge is 2.14. The summed E-state index contributed by atoms with van der Waals surface area (Å²) >= 11 is 1.73. The Balaban J connectivity index is 2.52. The lowest BCUT2D eigenvalue weighted by atomic mass is 10.2. The number of carbonyl (C=O) groups excluding carboxylic acids is 1. The van der Waals surface area contributed by atoms with Gasteiger partial charge in [0, 0.05) is 6.54 Å². The molecule has 0 bridgehead atoms. The summed E-state index contributed by atoms with van der Waals surface area (Å²) in [5.41, 5.74) is 2.47. The molecule has 0 saturated heterocycles. The second kappa shape index (κ2) is 6.31. The molecule has 1 aromatic heterocycles. The van der Waals surface area contributed by atoms with Crippen molar-refractivity contribution in [2.24, 2.45) is 5.92 Å². The van der Waals surface area contributed by atoms with Crippen LogP contribution in [0.5, 0.6) is 0 Å². The predicted octanol–water partition coefficient (Wildman–Crippen LogP) is 3.59. The second-order valence-corrected chi connectivity index (χ2v) is 6.26. The number of hydrogen-bond acceptors (Lipinski definition) is 4. The number of nitrogens with zero attached hydrogens (tertiary/aromatic N) is 2. The zero-order valence-electron chi connectivity index (χ0n) is 12.3. The van der Waals surface area contributed by atoms with Gasteiger partial charge in [0.1, 0.15) is 0 Å². The van der Waals surface area contributed by atoms with Gasteiger partial charge in [-0.2, -0.15) is 0 Å². The quantitative estimate of drug-likeness (QED) is 0.624. The third-order valence-corrected chi connectivity index (χ3v) is 3.81. The maximum absolute atomic E-state index is 11.6. The maximum Gasteiger partial charge on any atom is 0.337 e. The third kappa shape index (κ3) is 2.98. The normalized spacial score (nSPS) is 11.2. The van der Waals surface area contributed by atoms with Crippen LogP contribution in [0.4, 0.5) is 0 Å². The molecule has 1 heterocycles. The van der Waals surface area contributed by atoms with Gasteiger partial charge in [-0.25, -0.2) is 9.78 Å². The fourth-order valence-corrected chi connectivity index (χ4v) is 2.88. The smallest absolute Gasteiger partial charge is 0.337 e. The Labute approximate surface area is 123 Å². The first-order chi connectivity index (χ1) is 9.56. The van der Waals surface area contributed by atoms with Gasteiger partial charge >= 0.3 is 5.97 Å². The minimum atomic E-state index is -0.324. The van der Waals surface area contributed by atoms with E-state index in [4.69, 9.17) is 4.74 Å². The van der Waals surface area contributed by atoms with Gasteiger partial charge in [-0.05, 0) is 29.9 Å². The number of imidazole rings is 1. The highest BCUT2D eigenvalue weighted by molar-refractivity contribution is 7.99. The molecule has 20 heavy (non-hydrogen) atoms. The number of benzene rings is 1. The first kappa shape index (κ1) is 14.9. The number of aromatic nitrogens is 2. The highest BCUT2D eigenvalue weighted by Crippen LogP contribution is 2.26. The van der Waals surface area contributed by atoms with Crippen LogP contribution in [0.3, 0.4) is 0 Å². The summed E-state index contributed by atoms with van der Waals surface area (Å²) in [7, 11) is 1.39. The molecule has 2 rings (SSSR count). The fraction of sp³-hybridized carbons (Fsp3) is 0.467. The number of carbonyl (C=O) groups is 1. The lowest BCUT2D eigenvalue weighted by molar-refractivity contribution is 0.0601. The third-order valence-electron chi connectivity index (χ3n) is 2.96. The molecule has 4 nitrogen and oxygen atoms in total. The summed E-state index contributed by atoms with van der Waals surface area (Å²) in [4.78, 5) is 16.2. The first-order valence-electron chi connectivity index (χ1n) is 6.78. The van der Waals surface area contributed by atoms with Gasteiger partial charge in [-0.3, -0.25) is 0 Å². The van der Waals surface area contributed by atoms with E-state index in [2.05, 4.69) is 30.3 Å². The lowest BCUT2D eigenvalue weighted by Crippen LogP contribution is -2.06. The molecule has 0 aliphatic rings. The highest BCUT2D eigenvalue weighted by atomic mass is 32.2. The van der Waals surface area contributed by atoms with E-state index < -0.39 is 0 Å². The molecule has 0 saturated carbocycles. The molecule has 0 fully saturated rings. The van der Waals surface area contributed by atoms with E-state index in [0.717, 1.165) is 28.5 Å². The van der Waals surface area contributed by atoms with Gasteiger partial charge in [0.15, 0.2) is 5.16 Å². The van der Waals surface area contributed by atoms with Crippen LogP contribution < -0.4 is 0 Å². The van der Waals surface area contributed by atoms with Crippen LogP contribution in [0.1, 0.15) is 31.1 Å². The molecule has 0 radical (unpaired) electrons. The van der Waals surface area contributed by atoms with Crippen LogP contribution >= 0.6 is 11.8 Å². The molecular formula is C15H20N2O2S. The summed E-state index contributed by atoms with van der Waals surface area (Å²) in [6.07, 6.45) is 0. The van der Waals surface area contributed by atoms with E-state index in [0.29, 0.717) is 11.5 Å². The van der Waals surface area contributed by atoms with Crippen molar-refractivity contribution in [3.8, 4) is 0 Å². The van der Waals surface area contributed by atoms with Gasteiger partial charge in [-0.1, -0.05) is 32.5 Å². The molecule has 0 aliphatic heterocycles. The molecule has 0 unspecified atom stereocenters. The van der Waals surface area contributed by atoms with Gasteiger partial charge in [0.2, 0.25) is 0 Å². The summed E-state index contributed by atoms with van der Waals surface area (Å²) < 4.78 is 6.99. The average molecular weight is 292 g/mol. The molecular weight excluding hydrogens is 272 g/mol. The number of fused-ring (bicyclic) bond motifs is 1. The van der Waals surface area contributed by atoms with Crippen LogP contribution in [0.15, 0.2) is 23.4 Å². The monoisotopic (exact) mass is 292 g/mol. The molecule has 0 amide bonds. The summed E-state index contributed by atoms with van der Waals surface area (Å²) in [6.45, 7) is 7.42. The molecule has 108 valence electrons. The molecule has 0 N–H and O–H groups in total. The second-order valence-electron chi connectivity index (χ2n) is 5.03. The standard InChI is InChI=1S/C15H20N2O2S/c1-5-20-15-16-12-8-11(14(18)19-4)6-7-13(12)17(15)9-10(2)3/h6-8,10H,5,9H2,1-4H3. The molecule has 0 spiro atoms. The van der Waals surface area contributed by atoms with Crippen molar-refractivity contribution in [3.05, 3.63) is 23.8 Å². The molecule has 0 aliphatic carbocycles. The Morgan fingerprint density at radius 3 is 2.80 bits per heavy atom. The van der Waals surface area contributed by atoms with Crippen LogP contribution in [0.2, 0.25) is 0 Å². The Hall–Kier alpha value is -1.49. The zero-order valence-corrected chi connectivity index (χ0v) is 13.2. The van der Waals surface area contributed by atoms with Gasteiger partial charge < -0.3 is 9.30 Å². The largest absolute Gasteiger partial charge is 0.465 e. The van der Waals surface area contributed by atoms with Crippen molar-refractivity contribution >= 4 is 28.8 Å². The van der Waals surface area contributed by atoms with E-state index in [-0.39, 0.29) is 5.97 Å². The van der Waals surface area contributed by atoms with Crippen LogP contribution in [0.25, 0.3) is 11.0 Å². The van der Waals surface area contributed by atoms with Crippen molar-refractivity contribution in [3.63, 3.8) is 0 Å².